The van der Waals surface area contributed by atoms with Crippen LogP contribution in [0.5, 0.6) is 0 Å². The minimum Gasteiger partial charge on any atom is -0.340 e. The molecule has 0 atom stereocenters. The summed E-state index contributed by atoms with van der Waals surface area (Å²) in [6.07, 6.45) is 4.49. The largest absolute Gasteiger partial charge is 0.340 e. The fourth-order valence-corrected chi connectivity index (χ4v) is 4.55. The van der Waals surface area contributed by atoms with Gasteiger partial charge >= 0.3 is 0 Å². The summed E-state index contributed by atoms with van der Waals surface area (Å²) in [6.45, 7) is 7.79. The smallest absolute Gasteiger partial charge is 0.261 e. The molecule has 0 fully saturated rings. The number of nitrogens with zero attached hydrogens (tertiary/aromatic N) is 2. The zero-order valence-corrected chi connectivity index (χ0v) is 16.3. The Balaban J connectivity index is 1.50. The van der Waals surface area contributed by atoms with Crippen molar-refractivity contribution >= 4 is 17.5 Å². The summed E-state index contributed by atoms with van der Waals surface area (Å²) >= 11 is 0. The Morgan fingerprint density at radius 3 is 2.36 bits per heavy atom. The highest BCUT2D eigenvalue weighted by Crippen LogP contribution is 2.49. The van der Waals surface area contributed by atoms with E-state index in [1.807, 2.05) is 6.07 Å². The molecular weight excluding hydrogens is 348 g/mol. The Kier molecular flexibility index (Phi) is 3.45. The highest BCUT2D eigenvalue weighted by molar-refractivity contribution is 6.21. The molecule has 3 aliphatic rings. The van der Waals surface area contributed by atoms with Crippen LogP contribution in [-0.4, -0.2) is 23.3 Å². The van der Waals surface area contributed by atoms with Gasteiger partial charge in [-0.25, -0.2) is 0 Å². The minimum absolute atomic E-state index is 0.108. The van der Waals surface area contributed by atoms with Crippen LogP contribution >= 0.6 is 0 Å². The predicted molar refractivity (Wildman–Crippen MR) is 109 cm³/mol. The molecule has 0 bridgehead atoms. The number of imide groups is 1. The quantitative estimate of drug-likeness (QED) is 0.735. The highest BCUT2D eigenvalue weighted by atomic mass is 16.2. The Morgan fingerprint density at radius 1 is 1.00 bits per heavy atom. The second-order valence-corrected chi connectivity index (χ2v) is 8.31. The van der Waals surface area contributed by atoms with Crippen LogP contribution in [0.3, 0.4) is 0 Å². The van der Waals surface area contributed by atoms with Crippen molar-refractivity contribution in [2.45, 2.75) is 32.7 Å². The Labute approximate surface area is 164 Å². The first-order valence-corrected chi connectivity index (χ1v) is 9.63. The van der Waals surface area contributed by atoms with E-state index in [-0.39, 0.29) is 17.2 Å². The van der Waals surface area contributed by atoms with Crippen LogP contribution in [-0.2, 0) is 12.0 Å². The molecule has 0 saturated carbocycles. The number of anilines is 1. The number of carbonyl (C=O) groups excluding carboxylic acids is 2. The van der Waals surface area contributed by atoms with Gasteiger partial charge in [0.25, 0.3) is 11.8 Å². The average Bonchev–Trinajstić information content (AvgIpc) is 3.06. The summed E-state index contributed by atoms with van der Waals surface area (Å²) in [5.41, 5.74) is 6.92. The molecule has 0 unspecified atom stereocenters. The maximum atomic E-state index is 12.7. The molecule has 0 radical (unpaired) electrons. The highest BCUT2D eigenvalue weighted by Gasteiger charge is 2.41. The lowest BCUT2D eigenvalue weighted by atomic mass is 9.82. The lowest BCUT2D eigenvalue weighted by Gasteiger charge is -2.29. The molecule has 3 aliphatic heterocycles. The van der Waals surface area contributed by atoms with Gasteiger partial charge in [-0.05, 0) is 42.3 Å². The van der Waals surface area contributed by atoms with Crippen LogP contribution in [0.2, 0.25) is 0 Å². The SMILES string of the molecule is CC1=CCN2C(=C1)C(C)(C)c1cc(CN3C(=O)c4ccccc4C3=O)ccc12. The van der Waals surface area contributed by atoms with Gasteiger partial charge in [-0.2, -0.15) is 0 Å². The van der Waals surface area contributed by atoms with E-state index in [1.165, 1.54) is 27.4 Å². The van der Waals surface area contributed by atoms with Gasteiger partial charge in [0.05, 0.1) is 17.7 Å². The Morgan fingerprint density at radius 2 is 1.68 bits per heavy atom. The number of rotatable bonds is 2. The third-order valence-corrected chi connectivity index (χ3v) is 6.14. The van der Waals surface area contributed by atoms with Gasteiger partial charge in [0.1, 0.15) is 0 Å². The molecule has 2 aromatic carbocycles. The first-order chi connectivity index (χ1) is 13.4. The number of hydrogen-bond donors (Lipinski definition) is 0. The van der Waals surface area contributed by atoms with E-state index in [0.29, 0.717) is 17.7 Å². The third-order valence-electron chi connectivity index (χ3n) is 6.14. The van der Waals surface area contributed by atoms with Gasteiger partial charge in [0.2, 0.25) is 0 Å². The van der Waals surface area contributed by atoms with Crippen molar-refractivity contribution in [3.8, 4) is 0 Å². The van der Waals surface area contributed by atoms with Gasteiger partial charge in [0, 0.05) is 23.3 Å². The second kappa shape index (κ2) is 5.68. The topological polar surface area (TPSA) is 40.6 Å². The second-order valence-electron chi connectivity index (χ2n) is 8.31. The predicted octanol–water partition coefficient (Wildman–Crippen LogP) is 4.42. The van der Waals surface area contributed by atoms with Gasteiger partial charge < -0.3 is 4.90 Å². The zero-order chi connectivity index (χ0) is 19.6. The molecular formula is C24H22N2O2. The molecule has 0 N–H and O–H groups in total. The molecule has 140 valence electrons. The molecule has 0 aromatic heterocycles. The maximum Gasteiger partial charge on any atom is 0.261 e. The van der Waals surface area contributed by atoms with E-state index < -0.39 is 0 Å². The summed E-state index contributed by atoms with van der Waals surface area (Å²) in [7, 11) is 0. The van der Waals surface area contributed by atoms with Crippen LogP contribution in [0.25, 0.3) is 0 Å². The van der Waals surface area contributed by atoms with E-state index in [4.69, 9.17) is 0 Å². The van der Waals surface area contributed by atoms with E-state index in [2.05, 4.69) is 50.0 Å². The molecule has 2 aromatic rings. The zero-order valence-electron chi connectivity index (χ0n) is 16.3. The number of amides is 2. The van der Waals surface area contributed by atoms with Gasteiger partial charge in [-0.15, -0.1) is 0 Å². The normalized spacial score (nSPS) is 19.2. The van der Waals surface area contributed by atoms with Crippen molar-refractivity contribution in [3.05, 3.63) is 88.1 Å². The summed E-state index contributed by atoms with van der Waals surface area (Å²) in [5, 5.41) is 0. The summed E-state index contributed by atoms with van der Waals surface area (Å²) in [4.78, 5) is 29.1. The van der Waals surface area contributed by atoms with Crippen molar-refractivity contribution in [2.75, 3.05) is 11.4 Å². The van der Waals surface area contributed by atoms with Gasteiger partial charge in [0.15, 0.2) is 0 Å². The Bertz CT molecular complexity index is 1070. The minimum atomic E-state index is -0.208. The van der Waals surface area contributed by atoms with Crippen molar-refractivity contribution in [3.63, 3.8) is 0 Å². The van der Waals surface area contributed by atoms with Crippen LogP contribution in [0.4, 0.5) is 5.69 Å². The van der Waals surface area contributed by atoms with E-state index in [9.17, 15) is 9.59 Å². The van der Waals surface area contributed by atoms with Crippen LogP contribution in [0, 0.1) is 0 Å². The molecule has 28 heavy (non-hydrogen) atoms. The van der Waals surface area contributed by atoms with Gasteiger partial charge in [-0.1, -0.05) is 49.8 Å². The first-order valence-electron chi connectivity index (χ1n) is 9.63. The molecule has 4 heteroatoms. The van der Waals surface area contributed by atoms with Crippen molar-refractivity contribution in [1.29, 1.82) is 0 Å². The molecule has 3 heterocycles. The average molecular weight is 370 g/mol. The molecule has 0 spiro atoms. The summed E-state index contributed by atoms with van der Waals surface area (Å²) in [5.74, 6) is -0.416. The van der Waals surface area contributed by atoms with Crippen molar-refractivity contribution < 1.29 is 9.59 Å². The Hall–Kier alpha value is -3.14. The monoisotopic (exact) mass is 370 g/mol. The maximum absolute atomic E-state index is 12.7. The number of fused-ring (bicyclic) bond motifs is 4. The molecule has 5 rings (SSSR count). The molecule has 0 aliphatic carbocycles. The summed E-state index contributed by atoms with van der Waals surface area (Å²) in [6, 6.07) is 13.4. The molecule has 0 saturated heterocycles. The van der Waals surface area contributed by atoms with Gasteiger partial charge in [-0.3, -0.25) is 14.5 Å². The number of allylic oxidation sites excluding steroid dienone is 3. The fraction of sp³-hybridized carbons (Fsp3) is 0.250. The number of benzene rings is 2. The molecule has 2 amide bonds. The van der Waals surface area contributed by atoms with E-state index in [0.717, 1.165) is 12.1 Å². The fourth-order valence-electron chi connectivity index (χ4n) is 4.55. The standard InChI is InChI=1S/C24H22N2O2/c1-15-10-11-25-20-9-8-16(13-19(20)24(2,3)21(25)12-15)14-26-22(27)17-6-4-5-7-18(17)23(26)28/h4-10,12-13H,11,14H2,1-3H3. The van der Waals surface area contributed by atoms with Crippen LogP contribution < -0.4 is 4.90 Å². The van der Waals surface area contributed by atoms with Crippen LogP contribution in [0.1, 0.15) is 52.6 Å². The third kappa shape index (κ3) is 2.24. The lowest BCUT2D eigenvalue weighted by Crippen LogP contribution is -2.29. The molecule has 4 nitrogen and oxygen atoms in total. The van der Waals surface area contributed by atoms with E-state index in [1.54, 1.807) is 24.3 Å². The first kappa shape index (κ1) is 17.0. The van der Waals surface area contributed by atoms with Crippen molar-refractivity contribution in [2.24, 2.45) is 0 Å². The number of hydrogen-bond acceptors (Lipinski definition) is 3. The number of carbonyl (C=O) groups is 2. The van der Waals surface area contributed by atoms with Crippen molar-refractivity contribution in [1.82, 2.24) is 4.90 Å². The lowest BCUT2D eigenvalue weighted by molar-refractivity contribution is 0.0642. The summed E-state index contributed by atoms with van der Waals surface area (Å²) < 4.78 is 0. The van der Waals surface area contributed by atoms with E-state index >= 15 is 0 Å². The van der Waals surface area contributed by atoms with Crippen LogP contribution in [0.15, 0.2) is 65.9 Å².